The van der Waals surface area contributed by atoms with E-state index < -0.39 is 0 Å². The quantitative estimate of drug-likeness (QED) is 0.503. The van der Waals surface area contributed by atoms with Crippen LogP contribution in [0.4, 0.5) is 0 Å². The average molecular weight is 191 g/mol. The van der Waals surface area contributed by atoms with Crippen molar-refractivity contribution in [1.29, 1.82) is 0 Å². The number of carbonyl (C=O) groups is 1. The van der Waals surface area contributed by atoms with Crippen LogP contribution in [-0.2, 0) is 0 Å². The molecule has 0 radical (unpaired) electrons. The summed E-state index contributed by atoms with van der Waals surface area (Å²) in [6.07, 6.45) is 0. The van der Waals surface area contributed by atoms with Crippen molar-refractivity contribution in [2.75, 3.05) is 0 Å². The van der Waals surface area contributed by atoms with Gasteiger partial charge >= 0.3 is 0 Å². The van der Waals surface area contributed by atoms with E-state index in [1.807, 2.05) is 0 Å². The third-order valence-corrected chi connectivity index (χ3v) is 1.37. The second kappa shape index (κ2) is 3.15. The molecule has 0 saturated heterocycles. The van der Waals surface area contributed by atoms with Crippen LogP contribution in [0.15, 0.2) is 6.07 Å². The lowest BCUT2D eigenvalue weighted by Gasteiger charge is -1.94. The molecule has 1 rings (SSSR count). The van der Waals surface area contributed by atoms with Crippen molar-refractivity contribution in [3.8, 4) is 0 Å². The second-order valence-electron chi connectivity index (χ2n) is 1.89. The molecule has 5 heteroatoms. The van der Waals surface area contributed by atoms with Crippen LogP contribution in [0.3, 0.4) is 0 Å². The Kier molecular flexibility index (Phi) is 2.42. The molecule has 1 aromatic rings. The topological polar surface area (TPSA) is 42.9 Å². The predicted molar refractivity (Wildman–Crippen MR) is 42.1 cm³/mol. The van der Waals surface area contributed by atoms with Gasteiger partial charge in [-0.2, -0.15) is 0 Å². The number of nitrogens with zero attached hydrogens (tertiary/aromatic N) is 2. The highest BCUT2D eigenvalue weighted by molar-refractivity contribution is 6.33. The first-order chi connectivity index (χ1) is 5.09. The van der Waals surface area contributed by atoms with Crippen molar-refractivity contribution in [1.82, 2.24) is 9.97 Å². The van der Waals surface area contributed by atoms with E-state index in [-0.39, 0.29) is 21.9 Å². The zero-order chi connectivity index (χ0) is 8.43. The Hall–Kier alpha value is -0.670. The number of Topliss-reactive ketones (excluding diaryl/α,β-unsaturated/α-hetero) is 1. The van der Waals surface area contributed by atoms with E-state index >= 15 is 0 Å². The molecule has 0 amide bonds. The summed E-state index contributed by atoms with van der Waals surface area (Å²) in [6.45, 7) is 1.35. The minimum absolute atomic E-state index is 0.0440. The van der Waals surface area contributed by atoms with Crippen LogP contribution in [0.5, 0.6) is 0 Å². The summed E-state index contributed by atoms with van der Waals surface area (Å²) < 4.78 is 0. The van der Waals surface area contributed by atoms with Gasteiger partial charge in [0.15, 0.2) is 11.6 Å². The Morgan fingerprint density at radius 1 is 1.36 bits per heavy atom. The van der Waals surface area contributed by atoms with Gasteiger partial charge in [0.1, 0.15) is 10.3 Å². The Labute approximate surface area is 73.4 Å². The lowest BCUT2D eigenvalue weighted by atomic mass is 10.4. The van der Waals surface area contributed by atoms with Crippen LogP contribution >= 0.6 is 23.2 Å². The summed E-state index contributed by atoms with van der Waals surface area (Å²) in [7, 11) is 0. The van der Waals surface area contributed by atoms with Crippen molar-refractivity contribution < 1.29 is 4.79 Å². The minimum atomic E-state index is -0.255. The Morgan fingerprint density at radius 3 is 2.18 bits per heavy atom. The third kappa shape index (κ3) is 2.13. The van der Waals surface area contributed by atoms with Crippen molar-refractivity contribution in [2.45, 2.75) is 6.92 Å². The van der Waals surface area contributed by atoms with E-state index in [1.165, 1.54) is 13.0 Å². The SMILES string of the molecule is CC(=O)c1nc(Cl)cc(Cl)n1. The van der Waals surface area contributed by atoms with Gasteiger partial charge in [0.25, 0.3) is 0 Å². The number of ketones is 1. The Balaban J connectivity index is 3.19. The first-order valence-corrected chi connectivity index (χ1v) is 3.56. The summed E-state index contributed by atoms with van der Waals surface area (Å²) in [5.74, 6) is -0.211. The van der Waals surface area contributed by atoms with Crippen LogP contribution in [0.25, 0.3) is 0 Å². The number of hydrogen-bond donors (Lipinski definition) is 0. The molecule has 0 spiro atoms. The molecular formula is C6H4Cl2N2O. The predicted octanol–water partition coefficient (Wildman–Crippen LogP) is 1.99. The van der Waals surface area contributed by atoms with Crippen molar-refractivity contribution in [3.05, 3.63) is 22.2 Å². The van der Waals surface area contributed by atoms with Crippen molar-refractivity contribution in [3.63, 3.8) is 0 Å². The van der Waals surface area contributed by atoms with Crippen LogP contribution in [0.2, 0.25) is 10.3 Å². The smallest absolute Gasteiger partial charge is 0.198 e. The van der Waals surface area contributed by atoms with Gasteiger partial charge in [-0.15, -0.1) is 0 Å². The fourth-order valence-electron chi connectivity index (χ4n) is 0.548. The number of aromatic nitrogens is 2. The summed E-state index contributed by atoms with van der Waals surface area (Å²) >= 11 is 11.0. The second-order valence-corrected chi connectivity index (χ2v) is 2.67. The van der Waals surface area contributed by atoms with E-state index in [4.69, 9.17) is 23.2 Å². The molecule has 0 saturated carbocycles. The minimum Gasteiger partial charge on any atom is -0.291 e. The lowest BCUT2D eigenvalue weighted by Crippen LogP contribution is -2.00. The van der Waals surface area contributed by atoms with Gasteiger partial charge in [0.05, 0.1) is 0 Å². The van der Waals surface area contributed by atoms with Gasteiger partial charge in [-0.05, 0) is 0 Å². The first-order valence-electron chi connectivity index (χ1n) is 2.80. The fraction of sp³-hybridized carbons (Fsp3) is 0.167. The molecule has 0 aromatic carbocycles. The van der Waals surface area contributed by atoms with E-state index in [1.54, 1.807) is 0 Å². The van der Waals surface area contributed by atoms with E-state index in [9.17, 15) is 4.79 Å². The molecule has 0 aliphatic rings. The summed E-state index contributed by atoms with van der Waals surface area (Å²) in [4.78, 5) is 18.0. The van der Waals surface area contributed by atoms with Crippen LogP contribution < -0.4 is 0 Å². The number of rotatable bonds is 1. The summed E-state index contributed by atoms with van der Waals surface area (Å²) in [6, 6.07) is 1.37. The van der Waals surface area contributed by atoms with Crippen molar-refractivity contribution in [2.24, 2.45) is 0 Å². The van der Waals surface area contributed by atoms with E-state index in [2.05, 4.69) is 9.97 Å². The van der Waals surface area contributed by atoms with E-state index in [0.29, 0.717) is 0 Å². The largest absolute Gasteiger partial charge is 0.291 e. The molecule has 0 aliphatic carbocycles. The normalized spacial score (nSPS) is 9.73. The van der Waals surface area contributed by atoms with Gasteiger partial charge in [0.2, 0.25) is 0 Å². The van der Waals surface area contributed by atoms with E-state index in [0.717, 1.165) is 0 Å². The molecule has 0 aliphatic heterocycles. The monoisotopic (exact) mass is 190 g/mol. The molecule has 0 N–H and O–H groups in total. The number of carbonyl (C=O) groups excluding carboxylic acids is 1. The van der Waals surface area contributed by atoms with Crippen LogP contribution in [0.1, 0.15) is 17.5 Å². The van der Waals surface area contributed by atoms with Gasteiger partial charge < -0.3 is 0 Å². The molecule has 1 heterocycles. The molecule has 3 nitrogen and oxygen atoms in total. The molecular weight excluding hydrogens is 187 g/mol. The molecule has 0 fully saturated rings. The maximum Gasteiger partial charge on any atom is 0.198 e. The summed E-state index contributed by atoms with van der Waals surface area (Å²) in [5.41, 5.74) is 0. The fourth-order valence-corrected chi connectivity index (χ4v) is 0.970. The molecule has 58 valence electrons. The Morgan fingerprint density at radius 2 is 1.82 bits per heavy atom. The third-order valence-electron chi connectivity index (χ3n) is 0.979. The maximum absolute atomic E-state index is 10.7. The molecule has 1 aromatic heterocycles. The zero-order valence-corrected chi connectivity index (χ0v) is 7.15. The highest BCUT2D eigenvalue weighted by Crippen LogP contribution is 2.11. The van der Waals surface area contributed by atoms with Gasteiger partial charge in [-0.25, -0.2) is 9.97 Å². The molecule has 0 unspecified atom stereocenters. The highest BCUT2D eigenvalue weighted by atomic mass is 35.5. The van der Waals surface area contributed by atoms with Crippen LogP contribution in [-0.4, -0.2) is 15.8 Å². The number of hydrogen-bond acceptors (Lipinski definition) is 3. The van der Waals surface area contributed by atoms with Crippen LogP contribution in [0, 0.1) is 0 Å². The number of halogens is 2. The highest BCUT2D eigenvalue weighted by Gasteiger charge is 2.05. The molecule has 0 bridgehead atoms. The van der Waals surface area contributed by atoms with Crippen molar-refractivity contribution >= 4 is 29.0 Å². The van der Waals surface area contributed by atoms with Gasteiger partial charge in [-0.3, -0.25) is 4.79 Å². The van der Waals surface area contributed by atoms with Gasteiger partial charge in [-0.1, -0.05) is 23.2 Å². The standard InChI is InChI=1S/C6H4Cl2N2O/c1-3(11)6-9-4(7)2-5(8)10-6/h2H,1H3. The Bertz CT molecular complexity index is 280. The maximum atomic E-state index is 10.7. The average Bonchev–Trinajstić information content (AvgIpc) is 1.85. The lowest BCUT2D eigenvalue weighted by molar-refractivity contribution is 0.100. The summed E-state index contributed by atoms with van der Waals surface area (Å²) in [5, 5.41) is 0.352. The van der Waals surface area contributed by atoms with Gasteiger partial charge in [0, 0.05) is 13.0 Å². The molecule has 0 atom stereocenters. The molecule has 11 heavy (non-hydrogen) atoms. The zero-order valence-electron chi connectivity index (χ0n) is 5.64. The first kappa shape index (κ1) is 8.43.